The maximum atomic E-state index is 12.5. The fourth-order valence-electron chi connectivity index (χ4n) is 3.30. The summed E-state index contributed by atoms with van der Waals surface area (Å²) in [6, 6.07) is 14.1. The SMILES string of the molecule is CCOc1ccc2ccccc2c1C=C1N=C(c2cc([N+](=O)[O-])cc([N+](=O)[O-])c2)OC1=O. The number of benzene rings is 3. The number of hydrogen-bond acceptors (Lipinski definition) is 8. The Hall–Kier alpha value is -4.60. The third-order valence-electron chi connectivity index (χ3n) is 4.70. The Morgan fingerprint density at radius 3 is 2.38 bits per heavy atom. The Bertz CT molecular complexity index is 1310. The largest absolute Gasteiger partial charge is 0.493 e. The van der Waals surface area contributed by atoms with E-state index in [2.05, 4.69) is 4.99 Å². The van der Waals surface area contributed by atoms with Crippen LogP contribution in [0, 0.1) is 20.2 Å². The predicted octanol–water partition coefficient (Wildman–Crippen LogP) is 4.40. The van der Waals surface area contributed by atoms with Gasteiger partial charge >= 0.3 is 5.97 Å². The molecule has 0 spiro atoms. The minimum Gasteiger partial charge on any atom is -0.493 e. The summed E-state index contributed by atoms with van der Waals surface area (Å²) in [6.45, 7) is 2.24. The zero-order chi connectivity index (χ0) is 22.8. The van der Waals surface area contributed by atoms with E-state index in [0.717, 1.165) is 29.0 Å². The van der Waals surface area contributed by atoms with Crippen molar-refractivity contribution in [3.63, 3.8) is 0 Å². The molecule has 1 heterocycles. The van der Waals surface area contributed by atoms with Crippen molar-refractivity contribution in [2.24, 2.45) is 4.99 Å². The first-order valence-electron chi connectivity index (χ1n) is 9.48. The van der Waals surface area contributed by atoms with Crippen molar-refractivity contribution in [1.82, 2.24) is 0 Å². The van der Waals surface area contributed by atoms with Crippen LogP contribution in [0.4, 0.5) is 11.4 Å². The monoisotopic (exact) mass is 433 g/mol. The molecule has 0 unspecified atom stereocenters. The first kappa shape index (κ1) is 20.7. The van der Waals surface area contributed by atoms with Gasteiger partial charge in [-0.1, -0.05) is 30.3 Å². The zero-order valence-electron chi connectivity index (χ0n) is 16.7. The number of nitro benzene ring substituents is 2. The smallest absolute Gasteiger partial charge is 0.363 e. The number of esters is 1. The van der Waals surface area contributed by atoms with Gasteiger partial charge in [0.1, 0.15) is 5.75 Å². The van der Waals surface area contributed by atoms with Crippen molar-refractivity contribution >= 4 is 40.1 Å². The van der Waals surface area contributed by atoms with Crippen LogP contribution in [0.5, 0.6) is 5.75 Å². The van der Waals surface area contributed by atoms with Crippen LogP contribution in [0.1, 0.15) is 18.1 Å². The molecule has 0 saturated carbocycles. The Balaban J connectivity index is 1.84. The van der Waals surface area contributed by atoms with Gasteiger partial charge in [0.05, 0.1) is 28.1 Å². The van der Waals surface area contributed by atoms with Gasteiger partial charge in [-0.2, -0.15) is 0 Å². The van der Waals surface area contributed by atoms with Crippen LogP contribution in [0.15, 0.2) is 65.3 Å². The molecule has 32 heavy (non-hydrogen) atoms. The molecule has 10 heteroatoms. The van der Waals surface area contributed by atoms with Gasteiger partial charge in [0.15, 0.2) is 5.70 Å². The molecule has 0 radical (unpaired) electrons. The van der Waals surface area contributed by atoms with E-state index < -0.39 is 27.2 Å². The third-order valence-corrected chi connectivity index (χ3v) is 4.70. The highest BCUT2D eigenvalue weighted by molar-refractivity contribution is 6.14. The summed E-state index contributed by atoms with van der Waals surface area (Å²) in [6.07, 6.45) is 1.51. The van der Waals surface area contributed by atoms with Crippen molar-refractivity contribution < 1.29 is 24.1 Å². The van der Waals surface area contributed by atoms with Crippen LogP contribution in [0.25, 0.3) is 16.8 Å². The van der Waals surface area contributed by atoms with Gasteiger partial charge in [0.2, 0.25) is 5.90 Å². The second-order valence-corrected chi connectivity index (χ2v) is 6.72. The Morgan fingerprint density at radius 1 is 1.03 bits per heavy atom. The minimum absolute atomic E-state index is 0.0504. The molecule has 0 N–H and O–H groups in total. The van der Waals surface area contributed by atoms with Gasteiger partial charge in [0, 0.05) is 17.7 Å². The average Bonchev–Trinajstić information content (AvgIpc) is 3.15. The van der Waals surface area contributed by atoms with E-state index in [-0.39, 0.29) is 17.2 Å². The molecule has 0 fully saturated rings. The van der Waals surface area contributed by atoms with Crippen molar-refractivity contribution in [2.75, 3.05) is 6.61 Å². The fourth-order valence-corrected chi connectivity index (χ4v) is 3.30. The van der Waals surface area contributed by atoms with Gasteiger partial charge in [-0.15, -0.1) is 0 Å². The van der Waals surface area contributed by atoms with Crippen LogP contribution in [-0.4, -0.2) is 28.3 Å². The van der Waals surface area contributed by atoms with E-state index >= 15 is 0 Å². The quantitative estimate of drug-likeness (QED) is 0.243. The number of aliphatic imine (C=N–C) groups is 1. The number of rotatable bonds is 6. The van der Waals surface area contributed by atoms with Gasteiger partial charge in [-0.25, -0.2) is 9.79 Å². The number of hydrogen-bond donors (Lipinski definition) is 0. The number of fused-ring (bicyclic) bond motifs is 1. The standard InChI is InChI=1S/C22H15N3O7/c1-2-31-20-8-7-13-5-3-4-6-17(13)18(20)12-19-22(26)32-21(23-19)14-9-15(24(27)28)11-16(10-14)25(29)30/h3-12H,2H2,1H3. The number of non-ortho nitro benzene ring substituents is 2. The second-order valence-electron chi connectivity index (χ2n) is 6.72. The lowest BCUT2D eigenvalue weighted by molar-refractivity contribution is -0.394. The molecule has 0 aliphatic carbocycles. The van der Waals surface area contributed by atoms with Crippen molar-refractivity contribution in [2.45, 2.75) is 6.92 Å². The number of cyclic esters (lactones) is 1. The second kappa shape index (κ2) is 8.26. The molecule has 0 aromatic heterocycles. The summed E-state index contributed by atoms with van der Waals surface area (Å²) in [7, 11) is 0. The lowest BCUT2D eigenvalue weighted by Crippen LogP contribution is -2.07. The summed E-state index contributed by atoms with van der Waals surface area (Å²) in [4.78, 5) is 37.4. The molecule has 0 amide bonds. The highest BCUT2D eigenvalue weighted by Gasteiger charge is 2.28. The normalized spacial score (nSPS) is 14.3. The summed E-state index contributed by atoms with van der Waals surface area (Å²) in [5, 5.41) is 24.0. The Morgan fingerprint density at radius 2 is 1.72 bits per heavy atom. The number of nitrogens with zero attached hydrogens (tertiary/aromatic N) is 3. The van der Waals surface area contributed by atoms with Gasteiger partial charge in [-0.3, -0.25) is 20.2 Å². The summed E-state index contributed by atoms with van der Waals surface area (Å²) in [5.74, 6) is -0.503. The van der Waals surface area contributed by atoms with Gasteiger partial charge < -0.3 is 9.47 Å². The summed E-state index contributed by atoms with van der Waals surface area (Å²) >= 11 is 0. The Kier molecular flexibility index (Phi) is 5.34. The zero-order valence-corrected chi connectivity index (χ0v) is 16.7. The van der Waals surface area contributed by atoms with E-state index in [1.54, 1.807) is 6.07 Å². The van der Waals surface area contributed by atoms with Crippen LogP contribution < -0.4 is 4.74 Å². The third kappa shape index (κ3) is 3.88. The molecular formula is C22H15N3O7. The molecule has 3 aromatic carbocycles. The highest BCUT2D eigenvalue weighted by atomic mass is 16.6. The van der Waals surface area contributed by atoms with E-state index in [0.29, 0.717) is 17.9 Å². The van der Waals surface area contributed by atoms with Crippen molar-refractivity contribution in [3.05, 3.63) is 91.6 Å². The van der Waals surface area contributed by atoms with Crippen LogP contribution in [0.2, 0.25) is 0 Å². The molecule has 0 saturated heterocycles. The topological polar surface area (TPSA) is 134 Å². The first-order chi connectivity index (χ1) is 15.4. The Labute approximate surface area is 180 Å². The maximum absolute atomic E-state index is 12.5. The highest BCUT2D eigenvalue weighted by Crippen LogP contribution is 2.32. The minimum atomic E-state index is -0.787. The molecular weight excluding hydrogens is 418 g/mol. The molecule has 4 rings (SSSR count). The van der Waals surface area contributed by atoms with Crippen LogP contribution in [-0.2, 0) is 9.53 Å². The van der Waals surface area contributed by atoms with Crippen LogP contribution in [0.3, 0.4) is 0 Å². The van der Waals surface area contributed by atoms with Gasteiger partial charge in [0.25, 0.3) is 11.4 Å². The lowest BCUT2D eigenvalue weighted by Gasteiger charge is -2.10. The van der Waals surface area contributed by atoms with E-state index in [9.17, 15) is 25.0 Å². The van der Waals surface area contributed by atoms with Gasteiger partial charge in [-0.05, 0) is 29.8 Å². The van der Waals surface area contributed by atoms with E-state index in [1.807, 2.05) is 37.3 Å². The molecule has 0 atom stereocenters. The fraction of sp³-hybridized carbons (Fsp3) is 0.0909. The maximum Gasteiger partial charge on any atom is 0.363 e. The molecule has 1 aliphatic rings. The predicted molar refractivity (Wildman–Crippen MR) is 115 cm³/mol. The number of ether oxygens (including phenoxy) is 2. The van der Waals surface area contributed by atoms with Crippen molar-refractivity contribution in [1.29, 1.82) is 0 Å². The van der Waals surface area contributed by atoms with Crippen molar-refractivity contribution in [3.8, 4) is 5.75 Å². The molecule has 160 valence electrons. The van der Waals surface area contributed by atoms with E-state index in [1.165, 1.54) is 6.08 Å². The van der Waals surface area contributed by atoms with E-state index in [4.69, 9.17) is 9.47 Å². The molecule has 0 bridgehead atoms. The number of carbonyl (C=O) groups is 1. The molecule has 1 aliphatic heterocycles. The first-order valence-corrected chi connectivity index (χ1v) is 9.48. The lowest BCUT2D eigenvalue weighted by atomic mass is 10.0. The van der Waals surface area contributed by atoms with Crippen LogP contribution >= 0.6 is 0 Å². The molecule has 3 aromatic rings. The summed E-state index contributed by atoms with van der Waals surface area (Å²) in [5.41, 5.74) is -0.528. The number of carbonyl (C=O) groups excluding carboxylic acids is 1. The summed E-state index contributed by atoms with van der Waals surface area (Å²) < 4.78 is 10.9. The average molecular weight is 433 g/mol. The molecule has 10 nitrogen and oxygen atoms in total. The number of nitro groups is 2.